The van der Waals surface area contributed by atoms with Crippen LogP contribution in [0.5, 0.6) is 0 Å². The summed E-state index contributed by atoms with van der Waals surface area (Å²) in [6, 6.07) is 5.63. The number of carbonyl (C=O) groups excluding carboxylic acids is 1. The van der Waals surface area contributed by atoms with E-state index in [-0.39, 0.29) is 5.91 Å². The number of nitrogens with zero attached hydrogens (tertiary/aromatic N) is 1. The number of carbonyl (C=O) groups is 1. The fraction of sp³-hybridized carbons (Fsp3) is 0.385. The van der Waals surface area contributed by atoms with Crippen LogP contribution in [0.2, 0.25) is 4.34 Å². The van der Waals surface area contributed by atoms with Crippen LogP contribution in [0.3, 0.4) is 0 Å². The molecule has 3 rings (SSSR count). The van der Waals surface area contributed by atoms with Gasteiger partial charge >= 0.3 is 0 Å². The maximum Gasteiger partial charge on any atom is 0.273 e. The topological polar surface area (TPSA) is 67.2 Å². The number of hydrogen-bond acceptors (Lipinski definition) is 5. The van der Waals surface area contributed by atoms with E-state index >= 15 is 0 Å². The summed E-state index contributed by atoms with van der Waals surface area (Å²) in [6.45, 7) is 1.64. The molecular formula is C13H14ClN3O2S. The Balaban J connectivity index is 1.62. The highest BCUT2D eigenvalue weighted by Crippen LogP contribution is 2.31. The SMILES string of the molecule is O=C(NCC1CCCN1)c1cc(-c2ccc(Cl)s2)on1. The third-order valence-corrected chi connectivity index (χ3v) is 4.48. The molecule has 1 aliphatic rings. The van der Waals surface area contributed by atoms with Crippen LogP contribution in [-0.2, 0) is 0 Å². The number of amides is 1. The lowest BCUT2D eigenvalue weighted by Gasteiger charge is -2.09. The van der Waals surface area contributed by atoms with Crippen molar-refractivity contribution >= 4 is 28.8 Å². The van der Waals surface area contributed by atoms with Gasteiger partial charge in [0.2, 0.25) is 0 Å². The van der Waals surface area contributed by atoms with Crippen molar-refractivity contribution in [1.29, 1.82) is 0 Å². The van der Waals surface area contributed by atoms with Crippen LogP contribution in [-0.4, -0.2) is 30.2 Å². The lowest BCUT2D eigenvalue weighted by atomic mass is 10.2. The Morgan fingerprint density at radius 2 is 2.50 bits per heavy atom. The van der Waals surface area contributed by atoms with E-state index in [1.165, 1.54) is 11.3 Å². The molecule has 5 nitrogen and oxygen atoms in total. The van der Waals surface area contributed by atoms with Gasteiger partial charge in [0, 0.05) is 18.7 Å². The Hall–Kier alpha value is -1.37. The van der Waals surface area contributed by atoms with E-state index in [9.17, 15) is 4.79 Å². The highest BCUT2D eigenvalue weighted by atomic mass is 35.5. The van der Waals surface area contributed by atoms with Crippen LogP contribution in [0, 0.1) is 0 Å². The zero-order valence-corrected chi connectivity index (χ0v) is 12.3. The van der Waals surface area contributed by atoms with Crippen molar-refractivity contribution in [2.45, 2.75) is 18.9 Å². The average Bonchev–Trinajstić information content (AvgIpc) is 3.16. The molecule has 0 spiro atoms. The standard InChI is InChI=1S/C13H14ClN3O2S/c14-12-4-3-11(20-12)10-6-9(17-19-10)13(18)16-7-8-2-1-5-15-8/h3-4,6,8,15H,1-2,5,7H2,(H,16,18). The molecule has 106 valence electrons. The second-order valence-corrected chi connectivity index (χ2v) is 6.40. The van der Waals surface area contributed by atoms with Gasteiger partial charge in [-0.15, -0.1) is 11.3 Å². The molecule has 1 amide bonds. The van der Waals surface area contributed by atoms with Gasteiger partial charge in [-0.3, -0.25) is 4.79 Å². The molecule has 20 heavy (non-hydrogen) atoms. The minimum atomic E-state index is -0.212. The molecule has 1 aliphatic heterocycles. The number of thiophene rings is 1. The molecule has 1 saturated heterocycles. The lowest BCUT2D eigenvalue weighted by molar-refractivity contribution is 0.0941. The fourth-order valence-corrected chi connectivity index (χ4v) is 3.17. The Morgan fingerprint density at radius 1 is 1.60 bits per heavy atom. The molecule has 2 aromatic rings. The van der Waals surface area contributed by atoms with Crippen molar-refractivity contribution in [2.75, 3.05) is 13.1 Å². The Labute approximate surface area is 125 Å². The molecule has 0 bridgehead atoms. The van der Waals surface area contributed by atoms with E-state index in [1.54, 1.807) is 12.1 Å². The zero-order valence-electron chi connectivity index (χ0n) is 10.7. The first-order valence-corrected chi connectivity index (χ1v) is 7.66. The number of hydrogen-bond donors (Lipinski definition) is 2. The number of rotatable bonds is 4. The summed E-state index contributed by atoms with van der Waals surface area (Å²) in [5.74, 6) is 0.349. The minimum absolute atomic E-state index is 0.212. The van der Waals surface area contributed by atoms with E-state index in [0.29, 0.717) is 28.4 Å². The van der Waals surface area contributed by atoms with Crippen molar-refractivity contribution in [3.8, 4) is 10.6 Å². The molecule has 1 atom stereocenters. The first-order valence-electron chi connectivity index (χ1n) is 6.46. The zero-order chi connectivity index (χ0) is 13.9. The van der Waals surface area contributed by atoms with Gasteiger partial charge < -0.3 is 15.2 Å². The van der Waals surface area contributed by atoms with E-state index in [0.717, 1.165) is 24.3 Å². The summed E-state index contributed by atoms with van der Waals surface area (Å²) < 4.78 is 5.86. The molecule has 0 saturated carbocycles. The van der Waals surface area contributed by atoms with Gasteiger partial charge in [0.15, 0.2) is 11.5 Å². The molecule has 1 fully saturated rings. The van der Waals surface area contributed by atoms with Gasteiger partial charge in [-0.05, 0) is 31.5 Å². The Morgan fingerprint density at radius 3 is 3.20 bits per heavy atom. The van der Waals surface area contributed by atoms with Gasteiger partial charge in [-0.25, -0.2) is 0 Å². The molecular weight excluding hydrogens is 298 g/mol. The van der Waals surface area contributed by atoms with Crippen LogP contribution in [0.15, 0.2) is 22.7 Å². The van der Waals surface area contributed by atoms with Crippen LogP contribution < -0.4 is 10.6 Å². The average molecular weight is 312 g/mol. The smallest absolute Gasteiger partial charge is 0.273 e. The van der Waals surface area contributed by atoms with E-state index in [4.69, 9.17) is 16.1 Å². The molecule has 7 heteroatoms. The summed E-state index contributed by atoms with van der Waals surface area (Å²) >= 11 is 7.26. The predicted octanol–water partition coefficient (Wildman–Crippen LogP) is 2.54. The van der Waals surface area contributed by atoms with Gasteiger partial charge in [0.25, 0.3) is 5.91 Å². The van der Waals surface area contributed by atoms with Crippen LogP contribution >= 0.6 is 22.9 Å². The van der Waals surface area contributed by atoms with Crippen LogP contribution in [0.4, 0.5) is 0 Å². The van der Waals surface area contributed by atoms with Crippen molar-refractivity contribution < 1.29 is 9.32 Å². The molecule has 0 aromatic carbocycles. The fourth-order valence-electron chi connectivity index (χ4n) is 2.18. The van der Waals surface area contributed by atoms with Crippen molar-refractivity contribution in [2.24, 2.45) is 0 Å². The van der Waals surface area contributed by atoms with Gasteiger partial charge in [0.1, 0.15) is 0 Å². The third-order valence-electron chi connectivity index (χ3n) is 3.23. The maximum absolute atomic E-state index is 12.0. The van der Waals surface area contributed by atoms with Crippen molar-refractivity contribution in [1.82, 2.24) is 15.8 Å². The minimum Gasteiger partial charge on any atom is -0.355 e. The second kappa shape index (κ2) is 5.95. The second-order valence-electron chi connectivity index (χ2n) is 4.68. The molecule has 2 N–H and O–H groups in total. The summed E-state index contributed by atoms with van der Waals surface area (Å²) in [7, 11) is 0. The largest absolute Gasteiger partial charge is 0.355 e. The number of halogens is 1. The Kier molecular flexibility index (Phi) is 4.05. The summed E-state index contributed by atoms with van der Waals surface area (Å²) in [4.78, 5) is 12.8. The number of nitrogens with one attached hydrogen (secondary N) is 2. The molecule has 0 aliphatic carbocycles. The first-order chi connectivity index (χ1) is 9.72. The normalized spacial score (nSPS) is 18.4. The highest BCUT2D eigenvalue weighted by molar-refractivity contribution is 7.19. The summed E-state index contributed by atoms with van der Waals surface area (Å²) in [5.41, 5.74) is 0.294. The molecule has 2 aromatic heterocycles. The van der Waals surface area contributed by atoms with E-state index in [2.05, 4.69) is 15.8 Å². The highest BCUT2D eigenvalue weighted by Gasteiger charge is 2.18. The third kappa shape index (κ3) is 3.03. The number of aromatic nitrogens is 1. The summed E-state index contributed by atoms with van der Waals surface area (Å²) in [6.07, 6.45) is 2.26. The monoisotopic (exact) mass is 311 g/mol. The van der Waals surface area contributed by atoms with Gasteiger partial charge in [0.05, 0.1) is 9.21 Å². The predicted molar refractivity (Wildman–Crippen MR) is 78.2 cm³/mol. The summed E-state index contributed by atoms with van der Waals surface area (Å²) in [5, 5.41) is 9.99. The van der Waals surface area contributed by atoms with Crippen LogP contribution in [0.1, 0.15) is 23.3 Å². The van der Waals surface area contributed by atoms with Crippen molar-refractivity contribution in [3.05, 3.63) is 28.2 Å². The quantitative estimate of drug-likeness (QED) is 0.910. The van der Waals surface area contributed by atoms with Gasteiger partial charge in [-0.2, -0.15) is 0 Å². The van der Waals surface area contributed by atoms with Gasteiger partial charge in [-0.1, -0.05) is 16.8 Å². The first kappa shape index (κ1) is 13.6. The van der Waals surface area contributed by atoms with E-state index < -0.39 is 0 Å². The molecule has 1 unspecified atom stereocenters. The van der Waals surface area contributed by atoms with Crippen LogP contribution in [0.25, 0.3) is 10.6 Å². The molecule has 3 heterocycles. The van der Waals surface area contributed by atoms with Crippen molar-refractivity contribution in [3.63, 3.8) is 0 Å². The maximum atomic E-state index is 12.0. The molecule has 0 radical (unpaired) electrons. The Bertz CT molecular complexity index is 604. The van der Waals surface area contributed by atoms with E-state index in [1.807, 2.05) is 6.07 Å². The lowest BCUT2D eigenvalue weighted by Crippen LogP contribution is -2.37.